The second-order valence-electron chi connectivity index (χ2n) is 14.7. The summed E-state index contributed by atoms with van der Waals surface area (Å²) in [6.45, 7) is 13.3. The van der Waals surface area contributed by atoms with Crippen molar-refractivity contribution >= 4 is 17.9 Å². The van der Waals surface area contributed by atoms with Crippen molar-refractivity contribution < 1.29 is 23.9 Å². The monoisotopic (exact) mass is 522 g/mol. The molecule has 3 saturated carbocycles. The van der Waals surface area contributed by atoms with Crippen LogP contribution in [0.25, 0.3) is 0 Å². The van der Waals surface area contributed by atoms with E-state index in [4.69, 9.17) is 9.47 Å². The van der Waals surface area contributed by atoms with Crippen LogP contribution in [0.15, 0.2) is 23.8 Å². The molecular weight excluding hydrogens is 476 g/mol. The number of carbonyl (C=O) groups excluding carboxylic acids is 3. The van der Waals surface area contributed by atoms with Crippen LogP contribution in [0, 0.1) is 57.2 Å². The first-order chi connectivity index (χ1) is 17.9. The van der Waals surface area contributed by atoms with Crippen molar-refractivity contribution in [3.8, 4) is 0 Å². The highest BCUT2D eigenvalue weighted by Gasteiger charge is 2.79. The van der Waals surface area contributed by atoms with E-state index in [9.17, 15) is 14.4 Å². The van der Waals surface area contributed by atoms with Crippen LogP contribution >= 0.6 is 0 Å². The predicted octanol–water partition coefficient (Wildman–Crippen LogP) is 6.81. The van der Waals surface area contributed by atoms with Crippen molar-refractivity contribution in [3.05, 3.63) is 23.8 Å². The van der Waals surface area contributed by atoms with Crippen molar-refractivity contribution in [3.63, 3.8) is 0 Å². The molecule has 38 heavy (non-hydrogen) atoms. The quantitative estimate of drug-likeness (QED) is 0.218. The Morgan fingerprint density at radius 2 is 1.79 bits per heavy atom. The van der Waals surface area contributed by atoms with Gasteiger partial charge in [-0.2, -0.15) is 0 Å². The summed E-state index contributed by atoms with van der Waals surface area (Å²) >= 11 is 0. The maximum absolute atomic E-state index is 13.6. The fraction of sp³-hybridized carbons (Fsp3) is 0.788. The molecule has 2 bridgehead atoms. The number of hydrogen-bond acceptors (Lipinski definition) is 5. The summed E-state index contributed by atoms with van der Waals surface area (Å²) in [4.78, 5) is 39.0. The smallest absolute Gasteiger partial charge is 0.318 e. The normalized spacial score (nSPS) is 47.1. The molecule has 1 saturated heterocycles. The Labute approximate surface area is 228 Å². The minimum absolute atomic E-state index is 0.101. The van der Waals surface area contributed by atoms with Crippen LogP contribution in [0.2, 0.25) is 0 Å². The average Bonchev–Trinajstić information content (AvgIpc) is 3.35. The Balaban J connectivity index is 1.43. The number of allylic oxidation sites excluding steroid dienone is 4. The van der Waals surface area contributed by atoms with Crippen LogP contribution in [0.4, 0.5) is 0 Å². The van der Waals surface area contributed by atoms with E-state index in [1.165, 1.54) is 38.2 Å². The molecule has 7 rings (SSSR count). The van der Waals surface area contributed by atoms with Gasteiger partial charge in [0.1, 0.15) is 6.10 Å². The van der Waals surface area contributed by atoms with Crippen LogP contribution in [-0.4, -0.2) is 24.0 Å². The van der Waals surface area contributed by atoms with Crippen LogP contribution in [0.5, 0.6) is 0 Å². The molecule has 10 atom stereocenters. The van der Waals surface area contributed by atoms with Gasteiger partial charge in [0.2, 0.25) is 0 Å². The molecule has 0 N–H and O–H groups in total. The molecule has 2 unspecified atom stereocenters. The molecule has 4 fully saturated rings. The summed E-state index contributed by atoms with van der Waals surface area (Å²) in [6, 6.07) is 0. The van der Waals surface area contributed by atoms with Crippen LogP contribution < -0.4 is 0 Å². The molecule has 5 nitrogen and oxygen atoms in total. The highest BCUT2D eigenvalue weighted by molar-refractivity contribution is 5.99. The van der Waals surface area contributed by atoms with E-state index in [1.807, 2.05) is 0 Å². The molecule has 1 heterocycles. The molecule has 0 aromatic heterocycles. The number of cyclic esters (lactones) is 2. The summed E-state index contributed by atoms with van der Waals surface area (Å²) in [6.07, 6.45) is 16.3. The maximum Gasteiger partial charge on any atom is 0.318 e. The lowest BCUT2D eigenvalue weighted by Crippen LogP contribution is -2.69. The zero-order valence-electron chi connectivity index (χ0n) is 24.2. The van der Waals surface area contributed by atoms with Gasteiger partial charge in [-0.3, -0.25) is 14.4 Å². The van der Waals surface area contributed by atoms with Gasteiger partial charge in [-0.1, -0.05) is 77.7 Å². The van der Waals surface area contributed by atoms with E-state index >= 15 is 0 Å². The molecule has 0 radical (unpaired) electrons. The zero-order chi connectivity index (χ0) is 27.3. The van der Waals surface area contributed by atoms with Gasteiger partial charge in [0.05, 0.1) is 11.8 Å². The van der Waals surface area contributed by atoms with Gasteiger partial charge < -0.3 is 9.47 Å². The third-order valence-corrected chi connectivity index (χ3v) is 12.6. The van der Waals surface area contributed by atoms with E-state index in [0.717, 1.165) is 31.6 Å². The van der Waals surface area contributed by atoms with Crippen molar-refractivity contribution in [2.45, 2.75) is 105 Å². The molecule has 0 amide bonds. The van der Waals surface area contributed by atoms with E-state index in [-0.39, 0.29) is 34.8 Å². The second kappa shape index (κ2) is 8.54. The number of rotatable bonds is 6. The lowest BCUT2D eigenvalue weighted by molar-refractivity contribution is -0.175. The highest BCUT2D eigenvalue weighted by atomic mass is 16.6. The second-order valence-corrected chi connectivity index (χ2v) is 14.7. The molecule has 0 aromatic carbocycles. The van der Waals surface area contributed by atoms with Crippen LogP contribution in [-0.2, 0) is 23.9 Å². The lowest BCUT2D eigenvalue weighted by Gasteiger charge is -2.71. The standard InChI is InChI=1S/C33H46O5/c1-19(2)8-7-9-20(3)23-10-11-24-30(23,5)14-13-25-31(6)15-12-22(37-21(4)34)18-32(31)16-17-33(24,25)27-26(32)28(35)38-29(27)36/h13,16-17,19-20,22-24,26-27H,7-12,14-15,18H2,1-6H3/t20-,22+,23-,24-,26?,27?,30-,31-,32+,33+/m1/s1. The minimum atomic E-state index is -0.553. The Hall–Kier alpha value is -1.91. The van der Waals surface area contributed by atoms with Gasteiger partial charge in [0, 0.05) is 17.8 Å². The summed E-state index contributed by atoms with van der Waals surface area (Å²) in [5.41, 5.74) is 0.244. The molecule has 1 aliphatic heterocycles. The van der Waals surface area contributed by atoms with Crippen molar-refractivity contribution in [2.24, 2.45) is 57.2 Å². The van der Waals surface area contributed by atoms with Crippen LogP contribution in [0.1, 0.15) is 99.3 Å². The Bertz CT molecular complexity index is 1120. The van der Waals surface area contributed by atoms with E-state index in [1.54, 1.807) is 0 Å². The lowest BCUT2D eigenvalue weighted by atomic mass is 9.30. The van der Waals surface area contributed by atoms with Gasteiger partial charge >= 0.3 is 17.9 Å². The first kappa shape index (κ1) is 26.3. The third kappa shape index (κ3) is 3.19. The van der Waals surface area contributed by atoms with Crippen molar-refractivity contribution in [1.29, 1.82) is 0 Å². The van der Waals surface area contributed by atoms with Gasteiger partial charge in [-0.05, 0) is 73.0 Å². The van der Waals surface area contributed by atoms with Gasteiger partial charge in [0.15, 0.2) is 0 Å². The summed E-state index contributed by atoms with van der Waals surface area (Å²) in [5.74, 6) is 0.402. The largest absolute Gasteiger partial charge is 0.463 e. The van der Waals surface area contributed by atoms with E-state index < -0.39 is 22.7 Å². The summed E-state index contributed by atoms with van der Waals surface area (Å²) in [7, 11) is 0. The third-order valence-electron chi connectivity index (χ3n) is 12.6. The summed E-state index contributed by atoms with van der Waals surface area (Å²) in [5, 5.41) is 0. The fourth-order valence-corrected chi connectivity index (χ4v) is 11.1. The Kier molecular flexibility index (Phi) is 5.92. The molecular formula is C33H46O5. The minimum Gasteiger partial charge on any atom is -0.463 e. The molecule has 7 aliphatic rings. The number of carbonyl (C=O) groups is 3. The number of hydrogen-bond donors (Lipinski definition) is 0. The topological polar surface area (TPSA) is 69.7 Å². The molecule has 2 spiro atoms. The van der Waals surface area contributed by atoms with Crippen molar-refractivity contribution in [1.82, 2.24) is 0 Å². The van der Waals surface area contributed by atoms with Gasteiger partial charge in [-0.15, -0.1) is 0 Å². The average molecular weight is 523 g/mol. The maximum atomic E-state index is 13.6. The van der Waals surface area contributed by atoms with E-state index in [2.05, 4.69) is 52.8 Å². The molecule has 0 aromatic rings. The number of ether oxygens (including phenoxy) is 2. The van der Waals surface area contributed by atoms with Crippen LogP contribution in [0.3, 0.4) is 0 Å². The SMILES string of the molecule is CC(=O)O[C@H]1CC[C@]2(C)C3=CC[C@]4(C)[C@@H]([C@H](C)CCCC(C)C)CC[C@H]4[C@@]34C=C[C@]2(C1)C1C(=O)OC(=O)C14. The first-order valence-corrected chi connectivity index (χ1v) is 15.2. The highest BCUT2D eigenvalue weighted by Crippen LogP contribution is 2.81. The number of esters is 3. The molecule has 6 aliphatic carbocycles. The Morgan fingerprint density at radius 1 is 1.05 bits per heavy atom. The van der Waals surface area contributed by atoms with Crippen molar-refractivity contribution in [2.75, 3.05) is 0 Å². The summed E-state index contributed by atoms with van der Waals surface area (Å²) < 4.78 is 11.2. The predicted molar refractivity (Wildman–Crippen MR) is 144 cm³/mol. The molecule has 208 valence electrons. The fourth-order valence-electron chi connectivity index (χ4n) is 11.1. The Morgan fingerprint density at radius 3 is 2.50 bits per heavy atom. The van der Waals surface area contributed by atoms with Gasteiger partial charge in [0.25, 0.3) is 0 Å². The van der Waals surface area contributed by atoms with Gasteiger partial charge in [-0.25, -0.2) is 0 Å². The first-order valence-electron chi connectivity index (χ1n) is 15.2. The van der Waals surface area contributed by atoms with E-state index in [0.29, 0.717) is 24.2 Å². The zero-order valence-corrected chi connectivity index (χ0v) is 24.2. The molecule has 5 heteroatoms. The number of fused-ring (bicyclic) bond motifs is 1.